The average Bonchev–Trinajstić information content (AvgIpc) is 2.17. The number of benzene rings is 1. The fraction of sp³-hybridized carbons (Fsp3) is 0.364. The Labute approximate surface area is 89.1 Å². The fourth-order valence-corrected chi connectivity index (χ4v) is 1.37. The molecular weight excluding hydrogens is 198 g/mol. The Morgan fingerprint density at radius 2 is 2.21 bits per heavy atom. The Kier molecular flexibility index (Phi) is 3.53. The summed E-state index contributed by atoms with van der Waals surface area (Å²) in [6.45, 7) is 3.69. The average molecular weight is 212 g/mol. The molecule has 0 heterocycles. The molecule has 0 saturated heterocycles. The highest BCUT2D eigenvalue weighted by atomic mass is 35.5. The van der Waals surface area contributed by atoms with E-state index in [2.05, 4.69) is 0 Å². The normalized spacial score (nSPS) is 12.5. The lowest BCUT2D eigenvalue weighted by Crippen LogP contribution is -2.13. The van der Waals surface area contributed by atoms with Gasteiger partial charge in [0, 0.05) is 11.3 Å². The summed E-state index contributed by atoms with van der Waals surface area (Å²) in [5, 5.41) is -0.524. The molecule has 0 aliphatic rings. The Balaban J connectivity index is 3.12. The van der Waals surface area contributed by atoms with Crippen molar-refractivity contribution in [1.82, 2.24) is 0 Å². The molecule has 1 atom stereocenters. The Morgan fingerprint density at radius 1 is 1.57 bits per heavy atom. The van der Waals surface area contributed by atoms with Gasteiger partial charge >= 0.3 is 0 Å². The third-order valence-electron chi connectivity index (χ3n) is 2.15. The summed E-state index contributed by atoms with van der Waals surface area (Å²) in [6, 6.07) is 5.49. The van der Waals surface area contributed by atoms with Gasteiger partial charge in [-0.3, -0.25) is 4.79 Å². The van der Waals surface area contributed by atoms with Gasteiger partial charge in [-0.1, -0.05) is 13.0 Å². The highest BCUT2D eigenvalue weighted by molar-refractivity contribution is 6.34. The van der Waals surface area contributed by atoms with Gasteiger partial charge in [-0.05, 0) is 31.0 Å². The number of rotatable bonds is 3. The van der Waals surface area contributed by atoms with Gasteiger partial charge in [0.2, 0.25) is 0 Å². The molecule has 14 heavy (non-hydrogen) atoms. The maximum atomic E-state index is 11.6. The quantitative estimate of drug-likeness (QED) is 0.475. The molecule has 0 bridgehead atoms. The smallest absolute Gasteiger partial charge is 0.182 e. The van der Waals surface area contributed by atoms with E-state index in [-0.39, 0.29) is 5.78 Å². The first-order chi connectivity index (χ1) is 6.56. The van der Waals surface area contributed by atoms with E-state index in [1.165, 1.54) is 0 Å². The Morgan fingerprint density at radius 3 is 2.71 bits per heavy atom. The van der Waals surface area contributed by atoms with E-state index in [1.807, 2.05) is 19.1 Å². The van der Waals surface area contributed by atoms with Crippen LogP contribution in [0.5, 0.6) is 0 Å². The van der Waals surface area contributed by atoms with Crippen molar-refractivity contribution in [2.75, 3.05) is 5.73 Å². The zero-order valence-electron chi connectivity index (χ0n) is 8.38. The molecule has 3 heteroatoms. The van der Waals surface area contributed by atoms with Crippen molar-refractivity contribution in [2.45, 2.75) is 25.6 Å². The molecular formula is C11H14ClNO. The lowest BCUT2D eigenvalue weighted by Gasteiger charge is -2.07. The molecule has 1 aromatic rings. The largest absolute Gasteiger partial charge is 0.398 e. The molecule has 1 aromatic carbocycles. The third-order valence-corrected chi connectivity index (χ3v) is 2.35. The lowest BCUT2D eigenvalue weighted by molar-refractivity contribution is 0.0992. The van der Waals surface area contributed by atoms with Crippen LogP contribution in [0.1, 0.15) is 29.8 Å². The molecule has 0 spiro atoms. The molecule has 76 valence electrons. The van der Waals surface area contributed by atoms with Gasteiger partial charge in [0.25, 0.3) is 0 Å². The van der Waals surface area contributed by atoms with Crippen molar-refractivity contribution in [3.05, 3.63) is 29.3 Å². The second-order valence-electron chi connectivity index (χ2n) is 3.26. The first-order valence-electron chi connectivity index (χ1n) is 4.63. The molecule has 0 saturated carbocycles. The number of carbonyl (C=O) groups excluding carboxylic acids is 1. The third kappa shape index (κ3) is 2.26. The van der Waals surface area contributed by atoms with Crippen LogP contribution in [-0.4, -0.2) is 11.2 Å². The van der Waals surface area contributed by atoms with Gasteiger partial charge in [0.15, 0.2) is 5.78 Å². The van der Waals surface area contributed by atoms with Gasteiger partial charge in [-0.15, -0.1) is 11.6 Å². The van der Waals surface area contributed by atoms with Gasteiger partial charge in [0.1, 0.15) is 0 Å². The number of Topliss-reactive ketones (excluding diaryl/α,β-unsaturated/α-hetero) is 1. The zero-order chi connectivity index (χ0) is 10.7. The second kappa shape index (κ2) is 4.47. The summed E-state index contributed by atoms with van der Waals surface area (Å²) in [5.41, 5.74) is 7.83. The van der Waals surface area contributed by atoms with E-state index in [0.717, 1.165) is 12.0 Å². The van der Waals surface area contributed by atoms with Crippen LogP contribution in [0.4, 0.5) is 5.69 Å². The van der Waals surface area contributed by atoms with E-state index in [4.69, 9.17) is 17.3 Å². The second-order valence-corrected chi connectivity index (χ2v) is 3.91. The number of nitrogens with two attached hydrogens (primary N) is 1. The molecule has 1 rings (SSSR count). The molecule has 0 aromatic heterocycles. The number of aryl methyl sites for hydroxylation is 1. The highest BCUT2D eigenvalue weighted by Crippen LogP contribution is 2.18. The minimum absolute atomic E-state index is 0.112. The summed E-state index contributed by atoms with van der Waals surface area (Å²) < 4.78 is 0. The standard InChI is InChI=1S/C11H14ClNO/c1-3-8-4-5-10(13)9(6-8)11(14)7(2)12/h4-7H,3,13H2,1-2H3. The van der Waals surface area contributed by atoms with E-state index in [1.54, 1.807) is 13.0 Å². The minimum Gasteiger partial charge on any atom is -0.398 e. The van der Waals surface area contributed by atoms with Crippen LogP contribution < -0.4 is 5.73 Å². The van der Waals surface area contributed by atoms with Gasteiger partial charge in [-0.2, -0.15) is 0 Å². The van der Waals surface area contributed by atoms with E-state index in [9.17, 15) is 4.79 Å². The first kappa shape index (κ1) is 11.1. The Bertz CT molecular complexity index is 347. The molecule has 2 nitrogen and oxygen atoms in total. The van der Waals surface area contributed by atoms with Crippen molar-refractivity contribution < 1.29 is 4.79 Å². The van der Waals surface area contributed by atoms with Crippen LogP contribution in [0.2, 0.25) is 0 Å². The predicted molar refractivity (Wildman–Crippen MR) is 59.9 cm³/mol. The fourth-order valence-electron chi connectivity index (χ4n) is 1.25. The molecule has 0 aliphatic carbocycles. The van der Waals surface area contributed by atoms with E-state index in [0.29, 0.717) is 11.3 Å². The molecule has 0 aliphatic heterocycles. The number of ketones is 1. The molecule has 0 fully saturated rings. The van der Waals surface area contributed by atoms with Gasteiger partial charge in [-0.25, -0.2) is 0 Å². The number of carbonyl (C=O) groups is 1. The summed E-state index contributed by atoms with van der Waals surface area (Å²) in [7, 11) is 0. The topological polar surface area (TPSA) is 43.1 Å². The Hall–Kier alpha value is -1.02. The summed E-state index contributed by atoms with van der Waals surface area (Å²) in [6.07, 6.45) is 0.886. The van der Waals surface area contributed by atoms with Crippen LogP contribution in [0.15, 0.2) is 18.2 Å². The zero-order valence-corrected chi connectivity index (χ0v) is 9.14. The number of hydrogen-bond acceptors (Lipinski definition) is 2. The van der Waals surface area contributed by atoms with Gasteiger partial charge < -0.3 is 5.73 Å². The maximum absolute atomic E-state index is 11.6. The number of anilines is 1. The minimum atomic E-state index is -0.524. The number of halogens is 1. The SMILES string of the molecule is CCc1ccc(N)c(C(=O)C(C)Cl)c1. The summed E-state index contributed by atoms with van der Waals surface area (Å²) in [4.78, 5) is 11.6. The number of alkyl halides is 1. The van der Waals surface area contributed by atoms with Crippen molar-refractivity contribution in [3.63, 3.8) is 0 Å². The van der Waals surface area contributed by atoms with Crippen LogP contribution in [0.3, 0.4) is 0 Å². The van der Waals surface area contributed by atoms with Crippen molar-refractivity contribution >= 4 is 23.1 Å². The first-order valence-corrected chi connectivity index (χ1v) is 5.06. The lowest BCUT2D eigenvalue weighted by atomic mass is 10.0. The number of nitrogen functional groups attached to an aromatic ring is 1. The maximum Gasteiger partial charge on any atom is 0.182 e. The van der Waals surface area contributed by atoms with Crippen LogP contribution >= 0.6 is 11.6 Å². The monoisotopic (exact) mass is 211 g/mol. The van der Waals surface area contributed by atoms with Crippen LogP contribution in [0.25, 0.3) is 0 Å². The summed E-state index contributed by atoms with van der Waals surface area (Å²) in [5.74, 6) is -0.112. The van der Waals surface area contributed by atoms with E-state index >= 15 is 0 Å². The van der Waals surface area contributed by atoms with Crippen LogP contribution in [0, 0.1) is 0 Å². The highest BCUT2D eigenvalue weighted by Gasteiger charge is 2.15. The van der Waals surface area contributed by atoms with Crippen LogP contribution in [-0.2, 0) is 6.42 Å². The van der Waals surface area contributed by atoms with Crippen molar-refractivity contribution in [2.24, 2.45) is 0 Å². The van der Waals surface area contributed by atoms with Crippen molar-refractivity contribution in [3.8, 4) is 0 Å². The summed E-state index contributed by atoms with van der Waals surface area (Å²) >= 11 is 5.73. The molecule has 2 N–H and O–H groups in total. The molecule has 1 unspecified atom stereocenters. The molecule has 0 radical (unpaired) electrons. The van der Waals surface area contributed by atoms with E-state index < -0.39 is 5.38 Å². The predicted octanol–water partition coefficient (Wildman–Crippen LogP) is 2.64. The number of hydrogen-bond donors (Lipinski definition) is 1. The van der Waals surface area contributed by atoms with Gasteiger partial charge in [0.05, 0.1) is 5.38 Å². The molecule has 0 amide bonds. The van der Waals surface area contributed by atoms with Crippen molar-refractivity contribution in [1.29, 1.82) is 0 Å².